The number of nitrogens with two attached hydrogens (primary N) is 1. The molecule has 126 valence electrons. The van der Waals surface area contributed by atoms with Gasteiger partial charge in [-0.3, -0.25) is 4.79 Å². The van der Waals surface area contributed by atoms with Crippen LogP contribution in [0.3, 0.4) is 0 Å². The smallest absolute Gasteiger partial charge is 0.367 e. The van der Waals surface area contributed by atoms with Crippen LogP contribution in [0.15, 0.2) is 18.2 Å². The summed E-state index contributed by atoms with van der Waals surface area (Å²) in [5, 5.41) is 2.39. The van der Waals surface area contributed by atoms with Crippen molar-refractivity contribution in [2.45, 2.75) is 19.2 Å². The minimum atomic E-state index is -4.50. The molecule has 3 amide bonds. The number of alkyl halides is 3. The fourth-order valence-electron chi connectivity index (χ4n) is 2.21. The molecule has 0 aliphatic carbocycles. The number of halogens is 3. The van der Waals surface area contributed by atoms with E-state index in [4.69, 9.17) is 10.5 Å². The molecule has 0 aromatic heterocycles. The van der Waals surface area contributed by atoms with Gasteiger partial charge in [0.05, 0.1) is 18.7 Å². The maximum absolute atomic E-state index is 12.9. The molecule has 1 aromatic rings. The number of rotatable bonds is 2. The number of anilines is 1. The molecule has 3 N–H and O–H groups in total. The SMILES string of the molecule is Cc1ccc(NC(=O)N2CCO[C@H](C(N)=O)C2)cc1C(F)(F)F. The predicted molar refractivity (Wildman–Crippen MR) is 75.7 cm³/mol. The number of ether oxygens (including phenoxy) is 1. The van der Waals surface area contributed by atoms with Crippen LogP contribution in [0.1, 0.15) is 11.1 Å². The Balaban J connectivity index is 2.10. The first kappa shape index (κ1) is 17.1. The Kier molecular flexibility index (Phi) is 4.79. The number of nitrogens with zero attached hydrogens (tertiary/aromatic N) is 1. The summed E-state index contributed by atoms with van der Waals surface area (Å²) in [5.41, 5.74) is 4.40. The molecule has 9 heteroatoms. The summed E-state index contributed by atoms with van der Waals surface area (Å²) in [6.07, 6.45) is -5.42. The molecule has 0 unspecified atom stereocenters. The lowest BCUT2D eigenvalue weighted by molar-refractivity contribution is -0.138. The number of aryl methyl sites for hydroxylation is 1. The van der Waals surface area contributed by atoms with Crippen molar-refractivity contribution in [2.75, 3.05) is 25.0 Å². The molecule has 0 bridgehead atoms. The second kappa shape index (κ2) is 6.45. The fraction of sp³-hybridized carbons (Fsp3) is 0.429. The molecule has 6 nitrogen and oxygen atoms in total. The lowest BCUT2D eigenvalue weighted by Gasteiger charge is -2.31. The van der Waals surface area contributed by atoms with E-state index in [0.717, 1.165) is 6.07 Å². The normalized spacial score (nSPS) is 18.6. The zero-order chi connectivity index (χ0) is 17.2. The van der Waals surface area contributed by atoms with Gasteiger partial charge in [0, 0.05) is 12.2 Å². The van der Waals surface area contributed by atoms with E-state index >= 15 is 0 Å². The molecule has 1 saturated heterocycles. The Morgan fingerprint density at radius 2 is 2.09 bits per heavy atom. The van der Waals surface area contributed by atoms with E-state index in [9.17, 15) is 22.8 Å². The lowest BCUT2D eigenvalue weighted by Crippen LogP contribution is -2.51. The molecule has 1 atom stereocenters. The largest absolute Gasteiger partial charge is 0.416 e. The third-order valence-electron chi connectivity index (χ3n) is 3.47. The Bertz CT molecular complexity index is 619. The van der Waals surface area contributed by atoms with E-state index in [1.165, 1.54) is 24.0 Å². The van der Waals surface area contributed by atoms with Gasteiger partial charge < -0.3 is 20.7 Å². The van der Waals surface area contributed by atoms with Gasteiger partial charge in [0.1, 0.15) is 0 Å². The number of hydrogen-bond donors (Lipinski definition) is 2. The van der Waals surface area contributed by atoms with E-state index < -0.39 is 29.8 Å². The van der Waals surface area contributed by atoms with Crippen molar-refractivity contribution < 1.29 is 27.5 Å². The second-order valence-corrected chi connectivity index (χ2v) is 5.17. The third-order valence-corrected chi connectivity index (χ3v) is 3.47. The number of primary amides is 1. The lowest BCUT2D eigenvalue weighted by atomic mass is 10.1. The van der Waals surface area contributed by atoms with Crippen molar-refractivity contribution in [2.24, 2.45) is 5.73 Å². The van der Waals surface area contributed by atoms with Crippen LogP contribution in [0.4, 0.5) is 23.7 Å². The molecule has 1 aliphatic heterocycles. The van der Waals surface area contributed by atoms with Crippen molar-refractivity contribution in [1.82, 2.24) is 4.90 Å². The number of carbonyl (C=O) groups excluding carboxylic acids is 2. The topological polar surface area (TPSA) is 84.7 Å². The van der Waals surface area contributed by atoms with Crippen LogP contribution in [0.25, 0.3) is 0 Å². The average molecular weight is 331 g/mol. The minimum absolute atomic E-state index is 0.0232. The third kappa shape index (κ3) is 4.13. The first-order valence-corrected chi connectivity index (χ1v) is 6.83. The molecule has 2 rings (SSSR count). The molecule has 0 radical (unpaired) electrons. The Morgan fingerprint density at radius 1 is 1.39 bits per heavy atom. The number of hydrogen-bond acceptors (Lipinski definition) is 3. The quantitative estimate of drug-likeness (QED) is 0.865. The Hall–Kier alpha value is -2.29. The van der Waals surface area contributed by atoms with Crippen molar-refractivity contribution >= 4 is 17.6 Å². The zero-order valence-corrected chi connectivity index (χ0v) is 12.3. The van der Waals surface area contributed by atoms with Crippen molar-refractivity contribution in [3.8, 4) is 0 Å². The molecule has 1 aromatic carbocycles. The highest BCUT2D eigenvalue weighted by atomic mass is 19.4. The first-order chi connectivity index (χ1) is 10.7. The maximum Gasteiger partial charge on any atom is 0.416 e. The molecule has 1 fully saturated rings. The minimum Gasteiger partial charge on any atom is -0.367 e. The van der Waals surface area contributed by atoms with Crippen LogP contribution in [0.2, 0.25) is 0 Å². The summed E-state index contributed by atoms with van der Waals surface area (Å²) in [6.45, 7) is 1.64. The van der Waals surface area contributed by atoms with Crippen molar-refractivity contribution in [1.29, 1.82) is 0 Å². The van der Waals surface area contributed by atoms with Gasteiger partial charge in [-0.05, 0) is 24.6 Å². The van der Waals surface area contributed by atoms with E-state index in [1.54, 1.807) is 0 Å². The number of urea groups is 1. The van der Waals surface area contributed by atoms with Crippen molar-refractivity contribution in [3.63, 3.8) is 0 Å². The highest BCUT2D eigenvalue weighted by Crippen LogP contribution is 2.33. The maximum atomic E-state index is 12.9. The highest BCUT2D eigenvalue weighted by molar-refractivity contribution is 5.90. The van der Waals surface area contributed by atoms with Gasteiger partial charge in [0.15, 0.2) is 6.10 Å². The molecule has 0 spiro atoms. The molecular weight excluding hydrogens is 315 g/mol. The number of morpholine rings is 1. The van der Waals surface area contributed by atoms with Gasteiger partial charge in [-0.25, -0.2) is 4.79 Å². The van der Waals surface area contributed by atoms with E-state index in [2.05, 4.69) is 5.32 Å². The summed E-state index contributed by atoms with van der Waals surface area (Å²) in [4.78, 5) is 24.5. The van der Waals surface area contributed by atoms with Crippen LogP contribution >= 0.6 is 0 Å². The molecule has 1 aliphatic rings. The zero-order valence-electron chi connectivity index (χ0n) is 12.3. The van der Waals surface area contributed by atoms with Crippen molar-refractivity contribution in [3.05, 3.63) is 29.3 Å². The van der Waals surface area contributed by atoms with E-state index in [1.807, 2.05) is 0 Å². The number of carbonyl (C=O) groups is 2. The van der Waals surface area contributed by atoms with Crippen LogP contribution in [-0.2, 0) is 15.7 Å². The van der Waals surface area contributed by atoms with E-state index in [-0.39, 0.29) is 30.9 Å². The number of nitrogens with one attached hydrogen (secondary N) is 1. The molecular formula is C14H16F3N3O3. The summed E-state index contributed by atoms with van der Waals surface area (Å²) in [7, 11) is 0. The van der Waals surface area contributed by atoms with Crippen LogP contribution < -0.4 is 11.1 Å². The monoisotopic (exact) mass is 331 g/mol. The van der Waals surface area contributed by atoms with Gasteiger partial charge in [-0.15, -0.1) is 0 Å². The second-order valence-electron chi connectivity index (χ2n) is 5.17. The number of benzene rings is 1. The Labute approximate surface area is 130 Å². The van der Waals surface area contributed by atoms with Gasteiger partial charge in [0.25, 0.3) is 0 Å². The molecule has 23 heavy (non-hydrogen) atoms. The predicted octanol–water partition coefficient (Wildman–Crippen LogP) is 1.73. The van der Waals surface area contributed by atoms with E-state index in [0.29, 0.717) is 0 Å². The van der Waals surface area contributed by atoms with Gasteiger partial charge in [-0.1, -0.05) is 6.07 Å². The van der Waals surface area contributed by atoms with Crippen LogP contribution in [-0.4, -0.2) is 42.6 Å². The summed E-state index contributed by atoms with van der Waals surface area (Å²) in [6, 6.07) is 2.93. The van der Waals surface area contributed by atoms with Gasteiger partial charge >= 0.3 is 12.2 Å². The van der Waals surface area contributed by atoms with Crippen LogP contribution in [0.5, 0.6) is 0 Å². The van der Waals surface area contributed by atoms with Gasteiger partial charge in [-0.2, -0.15) is 13.2 Å². The van der Waals surface area contributed by atoms with Crippen LogP contribution in [0, 0.1) is 6.92 Å². The summed E-state index contributed by atoms with van der Waals surface area (Å²) >= 11 is 0. The fourth-order valence-corrected chi connectivity index (χ4v) is 2.21. The summed E-state index contributed by atoms with van der Waals surface area (Å²) in [5.74, 6) is -0.697. The highest BCUT2D eigenvalue weighted by Gasteiger charge is 2.33. The molecule has 1 heterocycles. The molecule has 0 saturated carbocycles. The Morgan fingerprint density at radius 3 is 2.70 bits per heavy atom. The van der Waals surface area contributed by atoms with Gasteiger partial charge in [0.2, 0.25) is 5.91 Å². The number of amides is 3. The standard InChI is InChI=1S/C14H16F3N3O3/c1-8-2-3-9(6-10(8)14(15,16)17)19-13(22)20-4-5-23-11(7-20)12(18)21/h2-3,6,11H,4-5,7H2,1H3,(H2,18,21)(H,19,22)/t11-/m0/s1. The first-order valence-electron chi connectivity index (χ1n) is 6.83. The average Bonchev–Trinajstić information content (AvgIpc) is 2.48. The summed E-state index contributed by atoms with van der Waals surface area (Å²) < 4.78 is 43.7.